The van der Waals surface area contributed by atoms with Gasteiger partial charge in [-0.25, -0.2) is 5.84 Å². The van der Waals surface area contributed by atoms with Crippen LogP contribution >= 0.6 is 23.1 Å². The number of hydrogen-bond acceptors (Lipinski definition) is 5. The number of nitrogens with two attached hydrogens (primary N) is 2. The van der Waals surface area contributed by atoms with Crippen LogP contribution < -0.4 is 17.0 Å². The molecule has 0 aliphatic heterocycles. The van der Waals surface area contributed by atoms with Crippen LogP contribution in [0.15, 0.2) is 35.2 Å². The van der Waals surface area contributed by atoms with Gasteiger partial charge in [-0.15, -0.1) is 23.1 Å². The van der Waals surface area contributed by atoms with Gasteiger partial charge >= 0.3 is 0 Å². The van der Waals surface area contributed by atoms with Gasteiger partial charge < -0.3 is 5.73 Å². The predicted molar refractivity (Wildman–Crippen MR) is 81.1 cm³/mol. The number of hydrazine groups is 1. The fourth-order valence-electron chi connectivity index (χ4n) is 1.56. The summed E-state index contributed by atoms with van der Waals surface area (Å²) in [6.07, 6.45) is 0. The van der Waals surface area contributed by atoms with E-state index in [0.29, 0.717) is 4.88 Å². The molecule has 2 aromatic rings. The molecular formula is C13H15N3OS2. The van der Waals surface area contributed by atoms with E-state index in [1.54, 1.807) is 17.8 Å². The maximum absolute atomic E-state index is 11.3. The Morgan fingerprint density at radius 3 is 2.89 bits per heavy atom. The first-order valence-electron chi connectivity index (χ1n) is 5.68. The van der Waals surface area contributed by atoms with Gasteiger partial charge in [0.05, 0.1) is 4.88 Å². The molecule has 0 unspecified atom stereocenters. The fraction of sp³-hybridized carbons (Fsp3) is 0.154. The van der Waals surface area contributed by atoms with Gasteiger partial charge in [0, 0.05) is 21.2 Å². The lowest BCUT2D eigenvalue weighted by Crippen LogP contribution is -2.29. The minimum Gasteiger partial charge on any atom is -0.398 e. The molecule has 0 saturated heterocycles. The Hall–Kier alpha value is -1.50. The Kier molecular flexibility index (Phi) is 4.47. The summed E-state index contributed by atoms with van der Waals surface area (Å²) in [5.74, 6) is 5.63. The van der Waals surface area contributed by atoms with Gasteiger partial charge in [0.2, 0.25) is 0 Å². The van der Waals surface area contributed by atoms with Crippen LogP contribution in [0.25, 0.3) is 0 Å². The Balaban J connectivity index is 2.04. The molecule has 1 amide bonds. The summed E-state index contributed by atoms with van der Waals surface area (Å²) in [5, 5.41) is 0. The number of thioether (sulfide) groups is 1. The van der Waals surface area contributed by atoms with Crippen molar-refractivity contribution in [1.82, 2.24) is 5.43 Å². The van der Waals surface area contributed by atoms with Crippen molar-refractivity contribution in [2.24, 2.45) is 5.84 Å². The van der Waals surface area contributed by atoms with E-state index in [0.717, 1.165) is 21.2 Å². The van der Waals surface area contributed by atoms with Gasteiger partial charge in [0.25, 0.3) is 5.91 Å². The maximum Gasteiger partial charge on any atom is 0.275 e. The van der Waals surface area contributed by atoms with E-state index in [2.05, 4.69) is 11.5 Å². The number of benzene rings is 1. The normalized spacial score (nSPS) is 10.4. The number of hydrogen-bond donors (Lipinski definition) is 3. The van der Waals surface area contributed by atoms with Crippen molar-refractivity contribution in [1.29, 1.82) is 0 Å². The summed E-state index contributed by atoms with van der Waals surface area (Å²) in [7, 11) is 0. The summed E-state index contributed by atoms with van der Waals surface area (Å²) >= 11 is 3.11. The third-order valence-corrected chi connectivity index (χ3v) is 4.94. The lowest BCUT2D eigenvalue weighted by molar-refractivity contribution is 0.0957. The van der Waals surface area contributed by atoms with Gasteiger partial charge in [0.1, 0.15) is 0 Å². The van der Waals surface area contributed by atoms with Crippen molar-refractivity contribution in [3.63, 3.8) is 0 Å². The number of anilines is 1. The van der Waals surface area contributed by atoms with Gasteiger partial charge in [-0.1, -0.05) is 6.07 Å². The highest BCUT2D eigenvalue weighted by atomic mass is 32.2. The van der Waals surface area contributed by atoms with Crippen molar-refractivity contribution >= 4 is 34.7 Å². The molecule has 0 saturated carbocycles. The molecule has 0 aliphatic carbocycles. The third kappa shape index (κ3) is 3.50. The number of carbonyl (C=O) groups is 1. The Bertz CT molecular complexity index is 595. The van der Waals surface area contributed by atoms with E-state index in [-0.39, 0.29) is 5.91 Å². The van der Waals surface area contributed by atoms with Crippen LogP contribution in [-0.2, 0) is 5.75 Å². The Morgan fingerprint density at radius 2 is 2.16 bits per heavy atom. The highest BCUT2D eigenvalue weighted by Gasteiger charge is 2.08. The van der Waals surface area contributed by atoms with Crippen molar-refractivity contribution in [2.75, 3.05) is 5.73 Å². The second-order valence-electron chi connectivity index (χ2n) is 4.07. The predicted octanol–water partition coefficient (Wildman–Crippen LogP) is 2.53. The minimum atomic E-state index is -0.253. The van der Waals surface area contributed by atoms with Crippen LogP contribution in [0.3, 0.4) is 0 Å². The number of amides is 1. The van der Waals surface area contributed by atoms with Gasteiger partial charge in [-0.2, -0.15) is 0 Å². The van der Waals surface area contributed by atoms with Crippen molar-refractivity contribution < 1.29 is 4.79 Å². The number of rotatable bonds is 4. The third-order valence-electron chi connectivity index (χ3n) is 2.56. The summed E-state index contributed by atoms with van der Waals surface area (Å²) in [6.45, 7) is 2.04. The number of nitrogen functional groups attached to an aromatic ring is 2. The highest BCUT2D eigenvalue weighted by molar-refractivity contribution is 7.98. The molecule has 0 bridgehead atoms. The molecular weight excluding hydrogens is 278 g/mol. The zero-order valence-electron chi connectivity index (χ0n) is 10.5. The molecule has 0 atom stereocenters. The average molecular weight is 293 g/mol. The summed E-state index contributed by atoms with van der Waals surface area (Å²) in [5.41, 5.74) is 10.0. The molecule has 0 fully saturated rings. The molecule has 0 spiro atoms. The quantitative estimate of drug-likeness (QED) is 0.266. The number of carbonyl (C=O) groups excluding carboxylic acids is 1. The maximum atomic E-state index is 11.3. The molecule has 6 heteroatoms. The number of aryl methyl sites for hydroxylation is 1. The summed E-state index contributed by atoms with van der Waals surface area (Å²) in [4.78, 5) is 14.2. The van der Waals surface area contributed by atoms with Crippen LogP contribution in [0.5, 0.6) is 0 Å². The molecule has 2 rings (SSSR count). The monoisotopic (exact) mass is 293 g/mol. The summed E-state index contributed by atoms with van der Waals surface area (Å²) < 4.78 is 0. The van der Waals surface area contributed by atoms with Gasteiger partial charge in [0.15, 0.2) is 0 Å². The Labute approximate surface area is 120 Å². The largest absolute Gasteiger partial charge is 0.398 e. The minimum absolute atomic E-state index is 0.253. The van der Waals surface area contributed by atoms with Crippen LogP contribution in [-0.4, -0.2) is 5.91 Å². The van der Waals surface area contributed by atoms with E-state index in [9.17, 15) is 4.79 Å². The fourth-order valence-corrected chi connectivity index (χ4v) is 3.58. The Morgan fingerprint density at radius 1 is 1.37 bits per heavy atom. The van der Waals surface area contributed by atoms with Crippen LogP contribution in [0, 0.1) is 6.92 Å². The molecule has 1 aromatic carbocycles. The first kappa shape index (κ1) is 13.9. The van der Waals surface area contributed by atoms with Crippen LogP contribution in [0.2, 0.25) is 0 Å². The number of nitrogens with one attached hydrogen (secondary N) is 1. The van der Waals surface area contributed by atoms with E-state index in [4.69, 9.17) is 11.6 Å². The smallest absolute Gasteiger partial charge is 0.275 e. The van der Waals surface area contributed by atoms with Crippen LogP contribution in [0.4, 0.5) is 5.69 Å². The van der Waals surface area contributed by atoms with Crippen molar-refractivity contribution in [2.45, 2.75) is 17.6 Å². The zero-order valence-corrected chi connectivity index (χ0v) is 12.1. The van der Waals surface area contributed by atoms with E-state index in [1.165, 1.54) is 16.9 Å². The first-order valence-corrected chi connectivity index (χ1v) is 7.49. The van der Waals surface area contributed by atoms with E-state index >= 15 is 0 Å². The summed E-state index contributed by atoms with van der Waals surface area (Å²) in [6, 6.07) is 9.70. The molecule has 4 nitrogen and oxygen atoms in total. The second kappa shape index (κ2) is 6.10. The van der Waals surface area contributed by atoms with Gasteiger partial charge in [-0.05, 0) is 36.8 Å². The lowest BCUT2D eigenvalue weighted by Gasteiger charge is -2.05. The molecule has 1 heterocycles. The second-order valence-corrected chi connectivity index (χ2v) is 6.25. The molecule has 1 aromatic heterocycles. The van der Waals surface area contributed by atoms with Crippen molar-refractivity contribution in [3.8, 4) is 0 Å². The van der Waals surface area contributed by atoms with E-state index < -0.39 is 0 Å². The molecule has 0 radical (unpaired) electrons. The zero-order chi connectivity index (χ0) is 13.8. The molecule has 0 aliphatic rings. The van der Waals surface area contributed by atoms with Gasteiger partial charge in [-0.3, -0.25) is 10.2 Å². The standard InChI is InChI=1S/C13H15N3OS2/c1-8-2-4-10(14)12(6-8)18-7-9-3-5-11(19-9)13(17)16-15/h2-6H,7,14-15H2,1H3,(H,16,17). The average Bonchev–Trinajstić information content (AvgIpc) is 2.88. The van der Waals surface area contributed by atoms with Crippen molar-refractivity contribution in [3.05, 3.63) is 45.6 Å². The van der Waals surface area contributed by atoms with Crippen LogP contribution in [0.1, 0.15) is 20.1 Å². The molecule has 19 heavy (non-hydrogen) atoms. The molecule has 5 N–H and O–H groups in total. The SMILES string of the molecule is Cc1ccc(N)c(SCc2ccc(C(=O)NN)s2)c1. The molecule has 100 valence electrons. The lowest BCUT2D eigenvalue weighted by atomic mass is 10.2. The number of thiophene rings is 1. The topological polar surface area (TPSA) is 81.1 Å². The van der Waals surface area contributed by atoms with E-state index in [1.807, 2.05) is 25.1 Å². The highest BCUT2D eigenvalue weighted by Crippen LogP contribution is 2.31. The first-order chi connectivity index (χ1) is 9.10.